The van der Waals surface area contributed by atoms with Gasteiger partial charge in [0.15, 0.2) is 5.69 Å². The molecular weight excluding hydrogens is 434 g/mol. The number of aromatic nitrogens is 2. The lowest BCUT2D eigenvalue weighted by Crippen LogP contribution is -2.38. The van der Waals surface area contributed by atoms with Crippen molar-refractivity contribution in [2.45, 2.75) is 6.54 Å². The van der Waals surface area contributed by atoms with Gasteiger partial charge < -0.3 is 24.4 Å². The van der Waals surface area contributed by atoms with Gasteiger partial charge in [0, 0.05) is 38.1 Å². The number of carbonyl (C=O) groups excluding carboxylic acids is 1. The fraction of sp³-hybridized carbons (Fsp3) is 0.440. The van der Waals surface area contributed by atoms with Crippen molar-refractivity contribution in [3.05, 3.63) is 48.2 Å². The quantitative estimate of drug-likeness (QED) is 0.574. The summed E-state index contributed by atoms with van der Waals surface area (Å²) < 4.78 is 18.5. The molecule has 2 aliphatic heterocycles. The van der Waals surface area contributed by atoms with Crippen LogP contribution < -0.4 is 15.0 Å². The summed E-state index contributed by atoms with van der Waals surface area (Å²) in [5.41, 5.74) is 3.00. The van der Waals surface area contributed by atoms with E-state index in [1.54, 1.807) is 7.11 Å². The Hall–Kier alpha value is -3.14. The molecule has 1 N–H and O–H groups in total. The molecule has 1 amide bonds. The number of amides is 1. The van der Waals surface area contributed by atoms with Crippen molar-refractivity contribution in [2.24, 2.45) is 0 Å². The van der Waals surface area contributed by atoms with Crippen molar-refractivity contribution in [2.75, 3.05) is 76.5 Å². The smallest absolute Gasteiger partial charge is 0.276 e. The van der Waals surface area contributed by atoms with E-state index in [0.717, 1.165) is 68.2 Å². The van der Waals surface area contributed by atoms with Crippen LogP contribution >= 0.6 is 0 Å². The minimum atomic E-state index is -0.232. The highest BCUT2D eigenvalue weighted by Crippen LogP contribution is 2.30. The fourth-order valence-electron chi connectivity index (χ4n) is 4.60. The molecule has 2 fully saturated rings. The molecular formula is C25H31N5O4. The van der Waals surface area contributed by atoms with Crippen LogP contribution in [0.1, 0.15) is 10.5 Å². The first-order valence-corrected chi connectivity index (χ1v) is 11.8. The SMILES string of the molecule is COc1cccc2c(C(=O)Nc3ccccc3N3CCOCC3)nn(CCN3CCOCC3)c12. The predicted octanol–water partition coefficient (Wildman–Crippen LogP) is 2.47. The summed E-state index contributed by atoms with van der Waals surface area (Å²) in [7, 11) is 1.65. The van der Waals surface area contributed by atoms with Crippen molar-refractivity contribution in [1.82, 2.24) is 14.7 Å². The highest BCUT2D eigenvalue weighted by Gasteiger charge is 2.22. The van der Waals surface area contributed by atoms with Crippen LogP contribution in [-0.4, -0.2) is 86.8 Å². The standard InChI is InChI=1S/C25H31N5O4/c1-32-22-8-4-5-19-23(27-30(24(19)22)10-9-28-11-15-33-16-12-28)25(31)26-20-6-2-3-7-21(20)29-13-17-34-18-14-29/h2-8H,9-18H2,1H3,(H,26,31). The largest absolute Gasteiger partial charge is 0.494 e. The lowest BCUT2D eigenvalue weighted by molar-refractivity contribution is 0.0361. The summed E-state index contributed by atoms with van der Waals surface area (Å²) in [6.45, 7) is 7.75. The van der Waals surface area contributed by atoms with E-state index in [1.165, 1.54) is 0 Å². The second-order valence-corrected chi connectivity index (χ2v) is 8.45. The third-order valence-electron chi connectivity index (χ3n) is 6.40. The topological polar surface area (TPSA) is 81.1 Å². The molecule has 0 unspecified atom stereocenters. The molecule has 34 heavy (non-hydrogen) atoms. The van der Waals surface area contributed by atoms with E-state index in [-0.39, 0.29) is 5.91 Å². The van der Waals surface area contributed by atoms with Crippen LogP contribution in [0.15, 0.2) is 42.5 Å². The monoisotopic (exact) mass is 465 g/mol. The van der Waals surface area contributed by atoms with E-state index in [1.807, 2.05) is 47.1 Å². The predicted molar refractivity (Wildman–Crippen MR) is 131 cm³/mol. The first-order valence-electron chi connectivity index (χ1n) is 11.8. The van der Waals surface area contributed by atoms with Crippen LogP contribution in [0.5, 0.6) is 5.75 Å². The van der Waals surface area contributed by atoms with Crippen molar-refractivity contribution in [3.8, 4) is 5.75 Å². The number of carbonyl (C=O) groups is 1. The van der Waals surface area contributed by atoms with E-state index in [2.05, 4.69) is 15.1 Å². The average molecular weight is 466 g/mol. The number of fused-ring (bicyclic) bond motifs is 1. The molecule has 0 atom stereocenters. The van der Waals surface area contributed by atoms with Crippen molar-refractivity contribution in [3.63, 3.8) is 0 Å². The number of hydrogen-bond donors (Lipinski definition) is 1. The van der Waals surface area contributed by atoms with E-state index < -0.39 is 0 Å². The van der Waals surface area contributed by atoms with E-state index in [0.29, 0.717) is 31.2 Å². The van der Waals surface area contributed by atoms with Crippen molar-refractivity contribution in [1.29, 1.82) is 0 Å². The zero-order valence-electron chi connectivity index (χ0n) is 19.5. The summed E-state index contributed by atoms with van der Waals surface area (Å²) in [6.07, 6.45) is 0. The molecule has 2 saturated heterocycles. The number of nitrogens with one attached hydrogen (secondary N) is 1. The Morgan fingerprint density at radius 2 is 1.71 bits per heavy atom. The first-order chi connectivity index (χ1) is 16.7. The molecule has 180 valence electrons. The molecule has 0 radical (unpaired) electrons. The lowest BCUT2D eigenvalue weighted by atomic mass is 10.1. The van der Waals surface area contributed by atoms with Crippen LogP contribution in [0, 0.1) is 0 Å². The highest BCUT2D eigenvalue weighted by atomic mass is 16.5. The molecule has 0 spiro atoms. The van der Waals surface area contributed by atoms with Gasteiger partial charge in [-0.15, -0.1) is 0 Å². The Balaban J connectivity index is 1.43. The summed E-state index contributed by atoms with van der Waals surface area (Å²) in [5, 5.41) is 8.64. The van der Waals surface area contributed by atoms with Crippen LogP contribution in [0.3, 0.4) is 0 Å². The second-order valence-electron chi connectivity index (χ2n) is 8.45. The summed E-state index contributed by atoms with van der Waals surface area (Å²) in [6, 6.07) is 13.6. The van der Waals surface area contributed by atoms with Gasteiger partial charge in [-0.2, -0.15) is 5.10 Å². The zero-order chi connectivity index (χ0) is 23.3. The number of anilines is 2. The molecule has 0 aliphatic carbocycles. The molecule has 2 aliphatic rings. The van der Waals surface area contributed by atoms with Gasteiger partial charge in [0.1, 0.15) is 11.3 Å². The number of rotatable bonds is 7. The lowest BCUT2D eigenvalue weighted by Gasteiger charge is -2.30. The molecule has 9 nitrogen and oxygen atoms in total. The number of morpholine rings is 2. The van der Waals surface area contributed by atoms with Crippen molar-refractivity contribution >= 4 is 28.2 Å². The van der Waals surface area contributed by atoms with Gasteiger partial charge in [-0.1, -0.05) is 24.3 Å². The first kappa shape index (κ1) is 22.6. The maximum Gasteiger partial charge on any atom is 0.276 e. The second kappa shape index (κ2) is 10.4. The normalized spacial score (nSPS) is 17.1. The van der Waals surface area contributed by atoms with Gasteiger partial charge in [-0.3, -0.25) is 14.4 Å². The number of methoxy groups -OCH3 is 1. The Morgan fingerprint density at radius 3 is 2.47 bits per heavy atom. The Kier molecular flexibility index (Phi) is 6.94. The molecule has 9 heteroatoms. The Morgan fingerprint density at radius 1 is 0.971 bits per heavy atom. The number of ether oxygens (including phenoxy) is 3. The molecule has 2 aromatic carbocycles. The molecule has 3 heterocycles. The fourth-order valence-corrected chi connectivity index (χ4v) is 4.60. The average Bonchev–Trinajstić information content (AvgIpc) is 3.28. The summed E-state index contributed by atoms with van der Waals surface area (Å²) in [5.74, 6) is 0.476. The van der Waals surface area contributed by atoms with Crippen LogP contribution in [0.4, 0.5) is 11.4 Å². The summed E-state index contributed by atoms with van der Waals surface area (Å²) in [4.78, 5) is 18.1. The van der Waals surface area contributed by atoms with E-state index in [4.69, 9.17) is 19.3 Å². The van der Waals surface area contributed by atoms with Gasteiger partial charge in [0.2, 0.25) is 0 Å². The number of hydrogen-bond acceptors (Lipinski definition) is 7. The van der Waals surface area contributed by atoms with Gasteiger partial charge >= 0.3 is 0 Å². The number of nitrogens with zero attached hydrogens (tertiary/aromatic N) is 4. The number of para-hydroxylation sites is 3. The van der Waals surface area contributed by atoms with Crippen molar-refractivity contribution < 1.29 is 19.0 Å². The summed E-state index contributed by atoms with van der Waals surface area (Å²) >= 11 is 0. The van der Waals surface area contributed by atoms with E-state index >= 15 is 0 Å². The Labute approximate surface area is 199 Å². The maximum absolute atomic E-state index is 13.5. The molecule has 5 rings (SSSR count). The van der Waals surface area contributed by atoms with Gasteiger partial charge in [-0.05, 0) is 18.2 Å². The Bertz CT molecular complexity index is 1140. The highest BCUT2D eigenvalue weighted by molar-refractivity contribution is 6.13. The molecule has 0 saturated carbocycles. The van der Waals surface area contributed by atoms with Crippen LogP contribution in [0.25, 0.3) is 10.9 Å². The van der Waals surface area contributed by atoms with E-state index in [9.17, 15) is 4.79 Å². The zero-order valence-corrected chi connectivity index (χ0v) is 19.5. The molecule has 1 aromatic heterocycles. The molecule has 3 aromatic rings. The minimum absolute atomic E-state index is 0.232. The van der Waals surface area contributed by atoms with Crippen LogP contribution in [0.2, 0.25) is 0 Å². The van der Waals surface area contributed by atoms with Crippen LogP contribution in [-0.2, 0) is 16.0 Å². The van der Waals surface area contributed by atoms with Gasteiger partial charge in [-0.25, -0.2) is 0 Å². The van der Waals surface area contributed by atoms with Gasteiger partial charge in [0.05, 0.1) is 51.5 Å². The maximum atomic E-state index is 13.5. The molecule has 0 bridgehead atoms. The number of benzene rings is 2. The minimum Gasteiger partial charge on any atom is -0.494 e. The third kappa shape index (κ3) is 4.72. The van der Waals surface area contributed by atoms with Gasteiger partial charge in [0.25, 0.3) is 5.91 Å². The third-order valence-corrected chi connectivity index (χ3v) is 6.40.